The van der Waals surface area contributed by atoms with Crippen molar-refractivity contribution < 1.29 is 14.3 Å². The Labute approximate surface area is 112 Å². The fourth-order valence-corrected chi connectivity index (χ4v) is 2.03. The maximum atomic E-state index is 11.9. The van der Waals surface area contributed by atoms with Gasteiger partial charge < -0.3 is 15.4 Å². The van der Waals surface area contributed by atoms with Gasteiger partial charge in [-0.1, -0.05) is 6.07 Å². The summed E-state index contributed by atoms with van der Waals surface area (Å²) >= 11 is 0. The first-order valence-corrected chi connectivity index (χ1v) is 6.40. The highest BCUT2D eigenvalue weighted by Crippen LogP contribution is 2.23. The minimum absolute atomic E-state index is 0.0212. The molecule has 1 aromatic rings. The second-order valence-electron chi connectivity index (χ2n) is 4.55. The fourth-order valence-electron chi connectivity index (χ4n) is 2.03. The number of ether oxygens (including phenoxy) is 1. The van der Waals surface area contributed by atoms with Gasteiger partial charge in [-0.2, -0.15) is 0 Å². The summed E-state index contributed by atoms with van der Waals surface area (Å²) in [7, 11) is 1.66. The molecule has 0 fully saturated rings. The Balaban J connectivity index is 1.86. The van der Waals surface area contributed by atoms with Crippen LogP contribution < -0.4 is 10.6 Å². The van der Waals surface area contributed by atoms with Crippen LogP contribution in [0, 0.1) is 0 Å². The number of benzene rings is 1. The minimum Gasteiger partial charge on any atom is -0.385 e. The van der Waals surface area contributed by atoms with Crippen LogP contribution in [0.25, 0.3) is 0 Å². The maximum absolute atomic E-state index is 11.9. The normalized spacial score (nSPS) is 13.0. The largest absolute Gasteiger partial charge is 0.385 e. The van der Waals surface area contributed by atoms with Crippen molar-refractivity contribution in [3.63, 3.8) is 0 Å². The average Bonchev–Trinajstić information content (AvgIpc) is 2.77. The number of carbonyl (C=O) groups is 2. The molecule has 2 rings (SSSR count). The van der Waals surface area contributed by atoms with E-state index >= 15 is 0 Å². The Hall–Kier alpha value is -1.88. The van der Waals surface area contributed by atoms with Crippen molar-refractivity contribution in [3.05, 3.63) is 29.3 Å². The molecule has 19 heavy (non-hydrogen) atoms. The zero-order valence-corrected chi connectivity index (χ0v) is 11.0. The van der Waals surface area contributed by atoms with Gasteiger partial charge in [-0.15, -0.1) is 0 Å². The fraction of sp³-hybridized carbons (Fsp3) is 0.429. The lowest BCUT2D eigenvalue weighted by Gasteiger charge is -2.06. The number of fused-ring (bicyclic) bond motifs is 1. The maximum Gasteiger partial charge on any atom is 0.251 e. The van der Waals surface area contributed by atoms with Crippen LogP contribution in [0.2, 0.25) is 0 Å². The molecule has 0 aliphatic carbocycles. The van der Waals surface area contributed by atoms with Crippen LogP contribution in [0.4, 0.5) is 5.69 Å². The molecule has 0 aromatic heterocycles. The third kappa shape index (κ3) is 3.54. The van der Waals surface area contributed by atoms with Gasteiger partial charge in [0.2, 0.25) is 5.91 Å². The van der Waals surface area contributed by atoms with Gasteiger partial charge in [-0.05, 0) is 30.5 Å². The van der Waals surface area contributed by atoms with Crippen LogP contribution in [-0.2, 0) is 16.0 Å². The van der Waals surface area contributed by atoms with Crippen LogP contribution in [0.3, 0.4) is 0 Å². The van der Waals surface area contributed by atoms with E-state index < -0.39 is 0 Å². The number of unbranched alkanes of at least 4 members (excludes halogenated alkanes) is 1. The first-order chi connectivity index (χ1) is 9.20. The number of hydrogen-bond acceptors (Lipinski definition) is 3. The van der Waals surface area contributed by atoms with E-state index in [4.69, 9.17) is 4.74 Å². The Morgan fingerprint density at radius 2 is 2.26 bits per heavy atom. The average molecular weight is 262 g/mol. The molecule has 0 atom stereocenters. The number of anilines is 1. The molecule has 102 valence electrons. The first kappa shape index (κ1) is 13.5. The van der Waals surface area contributed by atoms with Gasteiger partial charge in [0.25, 0.3) is 5.91 Å². The van der Waals surface area contributed by atoms with Crippen molar-refractivity contribution in [1.82, 2.24) is 5.32 Å². The van der Waals surface area contributed by atoms with E-state index in [0.29, 0.717) is 25.1 Å². The Kier molecular flexibility index (Phi) is 4.52. The van der Waals surface area contributed by atoms with E-state index in [1.165, 1.54) is 0 Å². The molecule has 2 amide bonds. The zero-order chi connectivity index (χ0) is 13.7. The Morgan fingerprint density at radius 3 is 3.05 bits per heavy atom. The highest BCUT2D eigenvalue weighted by molar-refractivity contribution is 6.02. The molecule has 5 heteroatoms. The Morgan fingerprint density at radius 1 is 1.42 bits per heavy atom. The van der Waals surface area contributed by atoms with Gasteiger partial charge in [0, 0.05) is 31.5 Å². The molecule has 1 aliphatic heterocycles. The molecular weight excluding hydrogens is 244 g/mol. The van der Waals surface area contributed by atoms with Crippen molar-refractivity contribution in [1.29, 1.82) is 0 Å². The number of amides is 2. The smallest absolute Gasteiger partial charge is 0.251 e. The highest BCUT2D eigenvalue weighted by atomic mass is 16.5. The molecule has 1 heterocycles. The molecule has 5 nitrogen and oxygen atoms in total. The van der Waals surface area contributed by atoms with Crippen molar-refractivity contribution in [2.75, 3.05) is 25.6 Å². The lowest BCUT2D eigenvalue weighted by atomic mass is 10.1. The Bertz CT molecular complexity index is 486. The molecule has 0 saturated heterocycles. The quantitative estimate of drug-likeness (QED) is 0.760. The van der Waals surface area contributed by atoms with Crippen molar-refractivity contribution in [3.8, 4) is 0 Å². The molecule has 0 spiro atoms. The molecular formula is C14H18N2O3. The molecule has 1 aromatic carbocycles. The molecule has 2 N–H and O–H groups in total. The highest BCUT2D eigenvalue weighted by Gasteiger charge is 2.18. The second kappa shape index (κ2) is 6.33. The molecule has 0 bridgehead atoms. The molecule has 0 radical (unpaired) electrons. The van der Waals surface area contributed by atoms with Crippen LogP contribution in [0.5, 0.6) is 0 Å². The van der Waals surface area contributed by atoms with E-state index in [-0.39, 0.29) is 11.8 Å². The van der Waals surface area contributed by atoms with Crippen LogP contribution >= 0.6 is 0 Å². The summed E-state index contributed by atoms with van der Waals surface area (Å²) in [5.74, 6) is -0.131. The van der Waals surface area contributed by atoms with E-state index in [9.17, 15) is 9.59 Å². The summed E-state index contributed by atoms with van der Waals surface area (Å²) < 4.78 is 4.94. The molecule has 1 aliphatic rings. The summed E-state index contributed by atoms with van der Waals surface area (Å²) in [5, 5.41) is 5.59. The van der Waals surface area contributed by atoms with E-state index in [2.05, 4.69) is 10.6 Å². The number of methoxy groups -OCH3 is 1. The molecule has 0 unspecified atom stereocenters. The van der Waals surface area contributed by atoms with Gasteiger partial charge >= 0.3 is 0 Å². The number of nitrogens with one attached hydrogen (secondary N) is 2. The standard InChI is InChI=1S/C14H18N2O3/c1-19-7-3-2-6-15-14(18)11-5-4-10-9-13(17)16-12(10)8-11/h4-5,8H,2-3,6-7,9H2,1H3,(H,15,18)(H,16,17). The van der Waals surface area contributed by atoms with Gasteiger partial charge in [-0.25, -0.2) is 0 Å². The summed E-state index contributed by atoms with van der Waals surface area (Å²) in [5.41, 5.74) is 2.27. The van der Waals surface area contributed by atoms with E-state index in [0.717, 1.165) is 24.1 Å². The topological polar surface area (TPSA) is 67.4 Å². The third-order valence-corrected chi connectivity index (χ3v) is 3.06. The predicted octanol–water partition coefficient (Wildman–Crippen LogP) is 1.34. The van der Waals surface area contributed by atoms with Crippen LogP contribution in [-0.4, -0.2) is 32.1 Å². The second-order valence-corrected chi connectivity index (χ2v) is 4.55. The van der Waals surface area contributed by atoms with Gasteiger partial charge in [0.1, 0.15) is 0 Å². The van der Waals surface area contributed by atoms with Crippen molar-refractivity contribution in [2.45, 2.75) is 19.3 Å². The molecule has 0 saturated carbocycles. The summed E-state index contributed by atoms with van der Waals surface area (Å²) in [6, 6.07) is 5.31. The van der Waals surface area contributed by atoms with Crippen molar-refractivity contribution in [2.24, 2.45) is 0 Å². The summed E-state index contributed by atoms with van der Waals surface area (Å²) in [6.45, 7) is 1.34. The number of carbonyl (C=O) groups excluding carboxylic acids is 2. The predicted molar refractivity (Wildman–Crippen MR) is 72.2 cm³/mol. The van der Waals surface area contributed by atoms with Crippen molar-refractivity contribution >= 4 is 17.5 Å². The zero-order valence-electron chi connectivity index (χ0n) is 11.0. The first-order valence-electron chi connectivity index (χ1n) is 6.40. The summed E-state index contributed by atoms with van der Waals surface area (Å²) in [6.07, 6.45) is 2.21. The monoisotopic (exact) mass is 262 g/mol. The van der Waals surface area contributed by atoms with Gasteiger partial charge in [0.05, 0.1) is 6.42 Å². The van der Waals surface area contributed by atoms with Crippen LogP contribution in [0.15, 0.2) is 18.2 Å². The van der Waals surface area contributed by atoms with Gasteiger partial charge in [0.15, 0.2) is 0 Å². The van der Waals surface area contributed by atoms with Crippen LogP contribution in [0.1, 0.15) is 28.8 Å². The van der Waals surface area contributed by atoms with E-state index in [1.54, 1.807) is 19.2 Å². The third-order valence-electron chi connectivity index (χ3n) is 3.06. The summed E-state index contributed by atoms with van der Waals surface area (Å²) in [4.78, 5) is 23.1. The van der Waals surface area contributed by atoms with Gasteiger partial charge in [-0.3, -0.25) is 9.59 Å². The minimum atomic E-state index is -0.110. The SMILES string of the molecule is COCCCCNC(=O)c1ccc2c(c1)NC(=O)C2. The number of rotatable bonds is 6. The number of hydrogen-bond donors (Lipinski definition) is 2. The van der Waals surface area contributed by atoms with E-state index in [1.807, 2.05) is 6.07 Å². The lowest BCUT2D eigenvalue weighted by molar-refractivity contribution is -0.115. The lowest BCUT2D eigenvalue weighted by Crippen LogP contribution is -2.24.